The van der Waals surface area contributed by atoms with Gasteiger partial charge < -0.3 is 4.74 Å². The van der Waals surface area contributed by atoms with Crippen LogP contribution in [0.1, 0.15) is 48.3 Å². The van der Waals surface area contributed by atoms with Gasteiger partial charge in [-0.2, -0.15) is 0 Å². The summed E-state index contributed by atoms with van der Waals surface area (Å²) in [5.74, 6) is 6.49. The number of fused-ring (bicyclic) bond motifs is 3. The number of hydrogen-bond acceptors (Lipinski definition) is 3. The molecule has 1 aromatic carbocycles. The molecule has 25 heavy (non-hydrogen) atoms. The van der Waals surface area contributed by atoms with Crippen LogP contribution in [-0.2, 0) is 11.2 Å². The molecule has 0 spiro atoms. The van der Waals surface area contributed by atoms with Crippen LogP contribution in [0.25, 0.3) is 0 Å². The molecule has 4 rings (SSSR count). The van der Waals surface area contributed by atoms with Crippen molar-refractivity contribution in [2.24, 2.45) is 0 Å². The molecule has 1 aromatic heterocycles. The fourth-order valence-electron chi connectivity index (χ4n) is 3.95. The Balaban J connectivity index is 1.62. The van der Waals surface area contributed by atoms with E-state index in [-0.39, 0.29) is 6.10 Å². The number of rotatable bonds is 2. The molecular formula is C22H24N2O. The number of aryl methyl sites for hydroxylation is 1. The summed E-state index contributed by atoms with van der Waals surface area (Å²) < 4.78 is 6.17. The maximum Gasteiger partial charge on any atom is 0.0998 e. The first-order chi connectivity index (χ1) is 12.3. The van der Waals surface area contributed by atoms with Gasteiger partial charge in [-0.25, -0.2) is 0 Å². The third-order valence-electron chi connectivity index (χ3n) is 5.12. The summed E-state index contributed by atoms with van der Waals surface area (Å²) in [6.45, 7) is 5.26. The minimum Gasteiger partial charge on any atom is -0.370 e. The van der Waals surface area contributed by atoms with Crippen molar-refractivity contribution in [3.05, 3.63) is 65.0 Å². The first kappa shape index (κ1) is 16.3. The number of aromatic nitrogens is 1. The normalized spacial score (nSPS) is 22.4. The van der Waals surface area contributed by atoms with Crippen molar-refractivity contribution >= 4 is 0 Å². The predicted molar refractivity (Wildman–Crippen MR) is 99.3 cm³/mol. The second kappa shape index (κ2) is 7.39. The van der Waals surface area contributed by atoms with Crippen LogP contribution in [-0.4, -0.2) is 35.6 Å². The zero-order valence-electron chi connectivity index (χ0n) is 14.7. The highest BCUT2D eigenvalue weighted by molar-refractivity contribution is 5.44. The molecule has 2 aromatic rings. The van der Waals surface area contributed by atoms with Crippen LogP contribution in [0.5, 0.6) is 0 Å². The van der Waals surface area contributed by atoms with Gasteiger partial charge in [0.15, 0.2) is 0 Å². The third-order valence-corrected chi connectivity index (χ3v) is 5.12. The molecule has 2 aliphatic rings. The van der Waals surface area contributed by atoms with Crippen molar-refractivity contribution in [2.75, 3.05) is 19.7 Å². The lowest BCUT2D eigenvalue weighted by Crippen LogP contribution is -2.49. The van der Waals surface area contributed by atoms with Gasteiger partial charge in [-0.15, -0.1) is 0 Å². The molecule has 1 aliphatic carbocycles. The monoisotopic (exact) mass is 332 g/mol. The average molecular weight is 332 g/mol. The minimum atomic E-state index is 0.148. The van der Waals surface area contributed by atoms with E-state index in [0.717, 1.165) is 43.7 Å². The van der Waals surface area contributed by atoms with Crippen LogP contribution in [0.3, 0.4) is 0 Å². The minimum absolute atomic E-state index is 0.148. The molecule has 2 atom stereocenters. The van der Waals surface area contributed by atoms with Gasteiger partial charge in [0.25, 0.3) is 0 Å². The summed E-state index contributed by atoms with van der Waals surface area (Å²) in [6, 6.07) is 12.8. The Morgan fingerprint density at radius 2 is 2.04 bits per heavy atom. The van der Waals surface area contributed by atoms with E-state index in [4.69, 9.17) is 9.72 Å². The first-order valence-electron chi connectivity index (χ1n) is 9.26. The van der Waals surface area contributed by atoms with E-state index < -0.39 is 0 Å². The lowest BCUT2D eigenvalue weighted by molar-refractivity contribution is -0.0805. The Morgan fingerprint density at radius 1 is 1.20 bits per heavy atom. The lowest BCUT2D eigenvalue weighted by Gasteiger charge is -2.44. The van der Waals surface area contributed by atoms with Crippen molar-refractivity contribution in [3.8, 4) is 11.8 Å². The van der Waals surface area contributed by atoms with Crippen LogP contribution in [0.15, 0.2) is 42.6 Å². The summed E-state index contributed by atoms with van der Waals surface area (Å²) >= 11 is 0. The largest absolute Gasteiger partial charge is 0.370 e. The first-order valence-corrected chi connectivity index (χ1v) is 9.26. The van der Waals surface area contributed by atoms with Crippen LogP contribution >= 0.6 is 0 Å². The fourth-order valence-corrected chi connectivity index (χ4v) is 3.95. The fraction of sp³-hybridized carbons (Fsp3) is 0.409. The van der Waals surface area contributed by atoms with E-state index in [1.165, 1.54) is 17.7 Å². The van der Waals surface area contributed by atoms with E-state index >= 15 is 0 Å². The summed E-state index contributed by atoms with van der Waals surface area (Å²) in [5, 5.41) is 0. The van der Waals surface area contributed by atoms with Gasteiger partial charge in [0.1, 0.15) is 0 Å². The van der Waals surface area contributed by atoms with Gasteiger partial charge in [-0.05, 0) is 44.0 Å². The Hall–Kier alpha value is -2.15. The van der Waals surface area contributed by atoms with Gasteiger partial charge in [0.05, 0.1) is 12.7 Å². The van der Waals surface area contributed by atoms with E-state index in [1.807, 2.05) is 36.5 Å². The maximum atomic E-state index is 6.17. The molecule has 3 heteroatoms. The summed E-state index contributed by atoms with van der Waals surface area (Å²) in [6.07, 6.45) is 5.42. The molecule has 3 nitrogen and oxygen atoms in total. The number of ether oxygens (including phenoxy) is 1. The Bertz CT molecular complexity index is 789. The van der Waals surface area contributed by atoms with Gasteiger partial charge in [0.2, 0.25) is 0 Å². The smallest absolute Gasteiger partial charge is 0.0998 e. The summed E-state index contributed by atoms with van der Waals surface area (Å²) in [5.41, 5.74) is 4.43. The topological polar surface area (TPSA) is 25.4 Å². The highest BCUT2D eigenvalue weighted by Crippen LogP contribution is 2.37. The van der Waals surface area contributed by atoms with Gasteiger partial charge in [-0.3, -0.25) is 9.88 Å². The van der Waals surface area contributed by atoms with Crippen LogP contribution in [0.4, 0.5) is 0 Å². The molecule has 128 valence electrons. The quantitative estimate of drug-likeness (QED) is 0.786. The molecule has 0 N–H and O–H groups in total. The maximum absolute atomic E-state index is 6.17. The molecule has 0 saturated carbocycles. The van der Waals surface area contributed by atoms with Crippen LogP contribution in [0.2, 0.25) is 0 Å². The second-order valence-electron chi connectivity index (χ2n) is 6.81. The zero-order chi connectivity index (χ0) is 17.1. The van der Waals surface area contributed by atoms with Crippen LogP contribution < -0.4 is 0 Å². The number of benzene rings is 1. The van der Waals surface area contributed by atoms with Gasteiger partial charge >= 0.3 is 0 Å². The molecule has 1 aliphatic heterocycles. The van der Waals surface area contributed by atoms with Crippen molar-refractivity contribution in [1.29, 1.82) is 0 Å². The Kier molecular flexibility index (Phi) is 4.83. The number of morpholine rings is 1. The molecule has 0 amide bonds. The van der Waals surface area contributed by atoms with Crippen molar-refractivity contribution in [3.63, 3.8) is 0 Å². The van der Waals surface area contributed by atoms with E-state index in [9.17, 15) is 0 Å². The van der Waals surface area contributed by atoms with E-state index in [2.05, 4.69) is 29.7 Å². The number of hydrogen-bond donors (Lipinski definition) is 0. The molecule has 0 bridgehead atoms. The van der Waals surface area contributed by atoms with Crippen molar-refractivity contribution in [2.45, 2.75) is 38.3 Å². The van der Waals surface area contributed by atoms with Crippen molar-refractivity contribution in [1.82, 2.24) is 9.88 Å². The zero-order valence-corrected chi connectivity index (χ0v) is 14.7. The average Bonchev–Trinajstić information content (AvgIpc) is 2.67. The van der Waals surface area contributed by atoms with Crippen LogP contribution in [0, 0.1) is 11.8 Å². The predicted octanol–water partition coefficient (Wildman–Crippen LogP) is 3.58. The van der Waals surface area contributed by atoms with E-state index in [0.29, 0.717) is 6.04 Å². The highest BCUT2D eigenvalue weighted by Gasteiger charge is 2.37. The Labute approximate surface area is 150 Å². The third kappa shape index (κ3) is 3.46. The standard InChI is InChI=1S/C22H24N2O/c1-2-12-24-13-14-25-22-19-15-18(9-8-17-6-4-3-5-7-17)16-23-20(19)10-11-21(22)24/h3-7,15-16,21-22H,2,10-14H2,1H3/t21-,22+/m1/s1. The molecular weight excluding hydrogens is 308 g/mol. The molecule has 1 fully saturated rings. The molecule has 2 heterocycles. The second-order valence-corrected chi connectivity index (χ2v) is 6.81. The highest BCUT2D eigenvalue weighted by atomic mass is 16.5. The summed E-state index contributed by atoms with van der Waals surface area (Å²) in [7, 11) is 0. The van der Waals surface area contributed by atoms with E-state index in [1.54, 1.807) is 0 Å². The molecule has 1 saturated heterocycles. The Morgan fingerprint density at radius 3 is 2.88 bits per heavy atom. The van der Waals surface area contributed by atoms with Gasteiger partial charge in [0, 0.05) is 41.2 Å². The van der Waals surface area contributed by atoms with Gasteiger partial charge in [-0.1, -0.05) is 37.0 Å². The molecule has 0 unspecified atom stereocenters. The SMILES string of the molecule is CCCN1CCO[C@H]2c3cc(C#Cc4ccccc4)cnc3CC[C@H]21. The van der Waals surface area contributed by atoms with Crippen molar-refractivity contribution < 1.29 is 4.74 Å². The number of nitrogens with zero attached hydrogens (tertiary/aromatic N) is 2. The molecule has 0 radical (unpaired) electrons. The summed E-state index contributed by atoms with van der Waals surface area (Å²) in [4.78, 5) is 7.29. The lowest BCUT2D eigenvalue weighted by atomic mass is 9.86. The number of pyridine rings is 1.